The standard InChI is InChI=1S/C28H29N5O4.Sn/c1-31-12-3-13-32(15-14-31)17-21-6-4-20(5-7-21)10-11-28(26(35)29-27(36)30-28)19-33-18-22-8-9-23(37-2)16-24(22)25(33)34;/h4-9,16H,3,12-15,18-19H2,1-2H3,(H2,29,30,35,36);/t28-;/m1./s1. The molecule has 5 rings (SSSR count). The van der Waals surface area contributed by atoms with Gasteiger partial charge < -0.3 is 4.74 Å². The Kier molecular flexibility index (Phi) is 7.45. The van der Waals surface area contributed by atoms with Gasteiger partial charge in [0.2, 0.25) is 0 Å². The quantitative estimate of drug-likeness (QED) is 0.290. The van der Waals surface area contributed by atoms with E-state index in [2.05, 4.69) is 51.5 Å². The maximum absolute atomic E-state index is 13.1. The minimum absolute atomic E-state index is 0.0641. The molecule has 9 nitrogen and oxygen atoms in total. The molecule has 3 aliphatic heterocycles. The molecule has 3 aliphatic rings. The van der Waals surface area contributed by atoms with Gasteiger partial charge in [-0.25, -0.2) is 0 Å². The van der Waals surface area contributed by atoms with E-state index in [1.165, 1.54) is 30.6 Å². The van der Waals surface area contributed by atoms with Gasteiger partial charge >= 0.3 is 200 Å². The number of nitrogens with zero attached hydrogens (tertiary/aromatic N) is 3. The summed E-state index contributed by atoms with van der Waals surface area (Å²) in [5.41, 5.74) is 1.71. The van der Waals surface area contributed by atoms with Gasteiger partial charge in [-0.3, -0.25) is 0 Å². The predicted molar refractivity (Wildman–Crippen MR) is 144 cm³/mol. The van der Waals surface area contributed by atoms with Crippen LogP contribution in [0.5, 0.6) is 5.75 Å². The third kappa shape index (κ3) is 5.28. The number of hydrogen-bond acceptors (Lipinski definition) is 6. The van der Waals surface area contributed by atoms with Gasteiger partial charge in [-0.1, -0.05) is 6.07 Å². The average Bonchev–Trinajstić information content (AvgIpc) is 3.26. The second-order valence-electron chi connectivity index (χ2n) is 9.82. The molecule has 2 N–H and O–H groups in total. The number of rotatable bonds is 5. The Morgan fingerprint density at radius 1 is 1.08 bits per heavy atom. The number of hydrogen-bond donors (Lipinski definition) is 2. The van der Waals surface area contributed by atoms with Crippen molar-refractivity contribution in [1.29, 1.82) is 0 Å². The molecular weight excluding hydrogens is 589 g/mol. The van der Waals surface area contributed by atoms with Gasteiger partial charge in [0.1, 0.15) is 5.75 Å². The Labute approximate surface area is 235 Å². The van der Waals surface area contributed by atoms with Crippen molar-refractivity contribution >= 4 is 43.5 Å². The van der Waals surface area contributed by atoms with Gasteiger partial charge in [0.05, 0.1) is 7.11 Å². The molecule has 38 heavy (non-hydrogen) atoms. The van der Waals surface area contributed by atoms with Gasteiger partial charge in [0.15, 0.2) is 0 Å². The van der Waals surface area contributed by atoms with E-state index in [1.807, 2.05) is 18.2 Å². The maximum atomic E-state index is 13.1. The first-order valence-electron chi connectivity index (χ1n) is 12.5. The van der Waals surface area contributed by atoms with E-state index in [0.717, 1.165) is 49.3 Å². The number of urea groups is 1. The number of nitrogens with one attached hydrogen (secondary N) is 2. The van der Waals surface area contributed by atoms with Gasteiger partial charge in [-0.05, 0) is 12.1 Å². The molecule has 0 aromatic heterocycles. The van der Waals surface area contributed by atoms with E-state index < -0.39 is 17.5 Å². The van der Waals surface area contributed by atoms with Crippen LogP contribution in [0.25, 0.3) is 0 Å². The third-order valence-electron chi connectivity index (χ3n) is 7.18. The Hall–Kier alpha value is -3.36. The molecule has 194 valence electrons. The zero-order valence-corrected chi connectivity index (χ0v) is 24.3. The van der Waals surface area contributed by atoms with E-state index >= 15 is 0 Å². The van der Waals surface area contributed by atoms with Gasteiger partial charge in [0, 0.05) is 0 Å². The SMILES string of the molecule is COc1ccc2c(c1)C(=O)N(C[C@@]1(C#Cc3ccc([C](=[Sn])N4CCCN(C)CC4)cc3)NC(=O)NC1=O)C2. The molecule has 0 saturated carbocycles. The summed E-state index contributed by atoms with van der Waals surface area (Å²) in [6, 6.07) is 12.7. The monoisotopic (exact) mass is 619 g/mol. The van der Waals surface area contributed by atoms with Gasteiger partial charge in [0.25, 0.3) is 0 Å². The molecule has 10 heteroatoms. The van der Waals surface area contributed by atoms with Crippen LogP contribution in [0.4, 0.5) is 4.79 Å². The number of carbonyl (C=O) groups excluding carboxylic acids is 3. The fourth-order valence-electron chi connectivity index (χ4n) is 4.95. The Bertz CT molecular complexity index is 1370. The van der Waals surface area contributed by atoms with Crippen LogP contribution in [-0.4, -0.2) is 111 Å². The van der Waals surface area contributed by atoms with Crippen molar-refractivity contribution in [2.75, 3.05) is 46.9 Å². The number of fused-ring (bicyclic) bond motifs is 1. The van der Waals surface area contributed by atoms with Crippen molar-refractivity contribution in [3.05, 3.63) is 64.7 Å². The van der Waals surface area contributed by atoms with Gasteiger partial charge in [-0.15, -0.1) is 0 Å². The Morgan fingerprint density at radius 2 is 1.87 bits per heavy atom. The van der Waals surface area contributed by atoms with Crippen molar-refractivity contribution in [2.45, 2.75) is 18.5 Å². The molecule has 2 aromatic carbocycles. The normalized spacial score (nSPS) is 21.3. The molecular formula is C28H29N5O4Sn. The fourth-order valence-corrected chi connectivity index (χ4v) is 6.07. The molecule has 3 heterocycles. The molecule has 2 radical (unpaired) electrons. The molecule has 2 saturated heterocycles. The fraction of sp³-hybridized carbons (Fsp3) is 0.357. The van der Waals surface area contributed by atoms with Crippen molar-refractivity contribution in [1.82, 2.24) is 25.3 Å². The van der Waals surface area contributed by atoms with E-state index in [-0.39, 0.29) is 12.5 Å². The molecule has 0 unspecified atom stereocenters. The average molecular weight is 618 g/mol. The summed E-state index contributed by atoms with van der Waals surface area (Å²) in [6.07, 6.45) is 1.14. The van der Waals surface area contributed by atoms with Crippen LogP contribution < -0.4 is 15.4 Å². The zero-order valence-electron chi connectivity index (χ0n) is 21.5. The van der Waals surface area contributed by atoms with Crippen molar-refractivity contribution in [3.8, 4) is 17.6 Å². The van der Waals surface area contributed by atoms with Crippen molar-refractivity contribution < 1.29 is 19.1 Å². The van der Waals surface area contributed by atoms with Crippen molar-refractivity contribution in [2.24, 2.45) is 0 Å². The first-order chi connectivity index (χ1) is 18.3. The number of ether oxygens (including phenoxy) is 1. The third-order valence-corrected chi connectivity index (χ3v) is 8.91. The first-order valence-corrected chi connectivity index (χ1v) is 14.0. The van der Waals surface area contributed by atoms with E-state index in [9.17, 15) is 14.4 Å². The van der Waals surface area contributed by atoms with Crippen LogP contribution in [0.3, 0.4) is 0 Å². The van der Waals surface area contributed by atoms with Crippen molar-refractivity contribution in [3.63, 3.8) is 0 Å². The Morgan fingerprint density at radius 3 is 2.58 bits per heavy atom. The van der Waals surface area contributed by atoms with Crippen LogP contribution in [0, 0.1) is 11.8 Å². The van der Waals surface area contributed by atoms with Gasteiger partial charge in [-0.2, -0.15) is 0 Å². The second-order valence-corrected chi connectivity index (χ2v) is 11.2. The van der Waals surface area contributed by atoms with Crippen LogP contribution in [0.2, 0.25) is 0 Å². The molecule has 0 spiro atoms. The molecule has 0 aliphatic carbocycles. The zero-order chi connectivity index (χ0) is 26.9. The number of benzene rings is 2. The van der Waals surface area contributed by atoms with Crippen LogP contribution >= 0.6 is 0 Å². The summed E-state index contributed by atoms with van der Waals surface area (Å²) >= 11 is 1.36. The summed E-state index contributed by atoms with van der Waals surface area (Å²) in [5, 5.41) is 4.95. The molecule has 1 atom stereocenters. The minimum atomic E-state index is -1.54. The number of imide groups is 1. The topological polar surface area (TPSA) is 94.2 Å². The first kappa shape index (κ1) is 26.3. The molecule has 4 amide bonds. The Balaban J connectivity index is 1.34. The number of carbonyl (C=O) groups is 3. The summed E-state index contributed by atoms with van der Waals surface area (Å²) in [4.78, 5) is 44.5. The molecule has 2 fully saturated rings. The molecule has 0 bridgehead atoms. The van der Waals surface area contributed by atoms with Crippen LogP contribution in [0.1, 0.15) is 33.5 Å². The predicted octanol–water partition coefficient (Wildman–Crippen LogP) is 0.565. The van der Waals surface area contributed by atoms with Crippen LogP contribution in [0.15, 0.2) is 42.5 Å². The summed E-state index contributed by atoms with van der Waals surface area (Å²) in [7, 11) is 3.71. The van der Waals surface area contributed by atoms with E-state index in [1.54, 1.807) is 19.2 Å². The summed E-state index contributed by atoms with van der Waals surface area (Å²) in [5.74, 6) is 5.84. The number of amides is 4. The van der Waals surface area contributed by atoms with Crippen LogP contribution in [-0.2, 0) is 11.3 Å². The van der Waals surface area contributed by atoms with E-state index in [0.29, 0.717) is 17.9 Å². The van der Waals surface area contributed by atoms with E-state index in [4.69, 9.17) is 4.74 Å². The second kappa shape index (κ2) is 10.8. The molecule has 2 aromatic rings. The number of likely N-dealkylation sites (N-methyl/N-ethyl adjacent to an activating group) is 1. The summed E-state index contributed by atoms with van der Waals surface area (Å²) in [6.45, 7) is 4.49. The number of methoxy groups -OCH3 is 1. The summed E-state index contributed by atoms with van der Waals surface area (Å²) < 4.78 is 6.56.